The molecule has 9 nitrogen and oxygen atoms in total. The van der Waals surface area contributed by atoms with Gasteiger partial charge in [-0.2, -0.15) is 4.31 Å². The first-order valence-corrected chi connectivity index (χ1v) is 17.6. The predicted octanol–water partition coefficient (Wildman–Crippen LogP) is 5.04. The highest BCUT2D eigenvalue weighted by molar-refractivity contribution is 7.89. The Balaban J connectivity index is 1.17. The molecule has 0 saturated carbocycles. The normalized spacial score (nSPS) is 16.9. The van der Waals surface area contributed by atoms with Gasteiger partial charge in [0.1, 0.15) is 5.75 Å². The number of aliphatic hydroxyl groups is 1. The first kappa shape index (κ1) is 33.4. The van der Waals surface area contributed by atoms with E-state index in [2.05, 4.69) is 47.8 Å². The Morgan fingerprint density at radius 1 is 0.938 bits per heavy atom. The van der Waals surface area contributed by atoms with E-state index >= 15 is 0 Å². The lowest BCUT2D eigenvalue weighted by molar-refractivity contribution is -0.146. The molecule has 0 unspecified atom stereocenters. The summed E-state index contributed by atoms with van der Waals surface area (Å²) in [4.78, 5) is 13.4. The average Bonchev–Trinajstić information content (AvgIpc) is 3.49. The number of carbonyl (C=O) groups excluding carboxylic acids is 1. The second-order valence-corrected chi connectivity index (χ2v) is 13.8. The molecule has 1 aliphatic carbocycles. The predicted molar refractivity (Wildman–Crippen MR) is 183 cm³/mol. The molecule has 2 aliphatic rings. The van der Waals surface area contributed by atoms with Gasteiger partial charge in [0.05, 0.1) is 25.2 Å². The Labute approximate surface area is 281 Å². The molecule has 1 heterocycles. The number of hydrogen-bond donors (Lipinski definition) is 2. The largest absolute Gasteiger partial charge is 0.497 e. The SMILES string of the molecule is COc1ccc(S(=O)(=O)N(CCO)CCO[C@@H]2C[C@H](c3ccc4c(c3)Cc3ccccc3-4)C=C(C(=O)NCCc3ccccc3)O2)cc1. The van der Waals surface area contributed by atoms with Crippen LogP contribution in [0.2, 0.25) is 0 Å². The highest BCUT2D eigenvalue weighted by Crippen LogP contribution is 2.40. The number of ether oxygens (including phenoxy) is 3. The lowest BCUT2D eigenvalue weighted by Crippen LogP contribution is -2.38. The van der Waals surface area contributed by atoms with Gasteiger partial charge in [0.15, 0.2) is 5.76 Å². The molecule has 10 heteroatoms. The van der Waals surface area contributed by atoms with Gasteiger partial charge in [-0.3, -0.25) is 4.79 Å². The summed E-state index contributed by atoms with van der Waals surface area (Å²) in [5, 5.41) is 12.6. The number of carbonyl (C=O) groups is 1. The third-order valence-corrected chi connectivity index (χ3v) is 10.7. The van der Waals surface area contributed by atoms with Crippen LogP contribution in [0.4, 0.5) is 0 Å². The van der Waals surface area contributed by atoms with Gasteiger partial charge in [-0.05, 0) is 76.6 Å². The number of sulfonamides is 1. The molecule has 1 amide bonds. The van der Waals surface area contributed by atoms with Gasteiger partial charge >= 0.3 is 0 Å². The van der Waals surface area contributed by atoms with E-state index in [9.17, 15) is 18.3 Å². The van der Waals surface area contributed by atoms with E-state index in [1.54, 1.807) is 12.1 Å². The van der Waals surface area contributed by atoms with Gasteiger partial charge < -0.3 is 24.6 Å². The molecule has 1 aliphatic heterocycles. The van der Waals surface area contributed by atoms with E-state index < -0.39 is 16.3 Å². The van der Waals surface area contributed by atoms with Gasteiger partial charge in [0.25, 0.3) is 5.91 Å². The van der Waals surface area contributed by atoms with Crippen molar-refractivity contribution in [2.24, 2.45) is 0 Å². The molecule has 6 rings (SSSR count). The summed E-state index contributed by atoms with van der Waals surface area (Å²) >= 11 is 0. The van der Waals surface area contributed by atoms with Crippen LogP contribution in [0, 0.1) is 0 Å². The number of nitrogens with one attached hydrogen (secondary N) is 1. The fourth-order valence-corrected chi connectivity index (χ4v) is 7.66. The van der Waals surface area contributed by atoms with Crippen molar-refractivity contribution in [1.29, 1.82) is 0 Å². The Bertz CT molecular complexity index is 1860. The third-order valence-electron chi connectivity index (χ3n) is 8.76. The molecule has 2 N–H and O–H groups in total. The molecule has 250 valence electrons. The Hall–Kier alpha value is -4.48. The van der Waals surface area contributed by atoms with Crippen LogP contribution >= 0.6 is 0 Å². The fraction of sp³-hybridized carbons (Fsp3) is 0.289. The summed E-state index contributed by atoms with van der Waals surface area (Å²) in [5.41, 5.74) is 7.17. The van der Waals surface area contributed by atoms with Crippen LogP contribution in [0.25, 0.3) is 11.1 Å². The number of fused-ring (bicyclic) bond motifs is 3. The minimum Gasteiger partial charge on any atom is -0.497 e. The second-order valence-electron chi connectivity index (χ2n) is 11.8. The second kappa shape index (κ2) is 15.2. The Morgan fingerprint density at radius 3 is 2.46 bits per heavy atom. The molecule has 0 saturated heterocycles. The molecule has 4 aromatic rings. The van der Waals surface area contributed by atoms with Crippen molar-refractivity contribution in [3.8, 4) is 16.9 Å². The highest BCUT2D eigenvalue weighted by Gasteiger charge is 2.31. The molecule has 0 spiro atoms. The number of allylic oxidation sites excluding steroid dienone is 1. The number of amides is 1. The van der Waals surface area contributed by atoms with Gasteiger partial charge in [0.2, 0.25) is 16.3 Å². The molecular formula is C38H40N2O7S. The summed E-state index contributed by atoms with van der Waals surface area (Å²) in [5.74, 6) is 0.216. The summed E-state index contributed by atoms with van der Waals surface area (Å²) in [7, 11) is -2.40. The molecule has 0 fully saturated rings. The summed E-state index contributed by atoms with van der Waals surface area (Å²) in [6, 6.07) is 30.9. The van der Waals surface area contributed by atoms with Crippen LogP contribution in [0.15, 0.2) is 114 Å². The average molecular weight is 669 g/mol. The van der Waals surface area contributed by atoms with Crippen LogP contribution in [0.5, 0.6) is 5.75 Å². The summed E-state index contributed by atoms with van der Waals surface area (Å²) < 4.78 is 45.3. The molecular weight excluding hydrogens is 628 g/mol. The van der Waals surface area contributed by atoms with Crippen LogP contribution in [-0.4, -0.2) is 70.0 Å². The number of benzene rings is 4. The first-order valence-electron chi connectivity index (χ1n) is 16.1. The van der Waals surface area contributed by atoms with Gasteiger partial charge in [-0.25, -0.2) is 8.42 Å². The quantitative estimate of drug-likeness (QED) is 0.171. The Morgan fingerprint density at radius 2 is 1.69 bits per heavy atom. The fourth-order valence-electron chi connectivity index (χ4n) is 6.24. The van der Waals surface area contributed by atoms with E-state index in [4.69, 9.17) is 14.2 Å². The maximum Gasteiger partial charge on any atom is 0.286 e. The lowest BCUT2D eigenvalue weighted by atomic mass is 9.90. The van der Waals surface area contributed by atoms with Crippen molar-refractivity contribution in [1.82, 2.24) is 9.62 Å². The maximum absolute atomic E-state index is 13.4. The monoisotopic (exact) mass is 668 g/mol. The molecule has 48 heavy (non-hydrogen) atoms. The van der Waals surface area contributed by atoms with E-state index in [1.165, 1.54) is 45.8 Å². The van der Waals surface area contributed by atoms with Crippen LogP contribution in [0.1, 0.15) is 34.6 Å². The summed E-state index contributed by atoms with van der Waals surface area (Å²) in [6.07, 6.45) is 3.03. The smallest absolute Gasteiger partial charge is 0.286 e. The third kappa shape index (κ3) is 7.63. The van der Waals surface area contributed by atoms with Crippen molar-refractivity contribution < 1.29 is 32.5 Å². The van der Waals surface area contributed by atoms with Crippen molar-refractivity contribution in [2.45, 2.75) is 36.4 Å². The zero-order valence-electron chi connectivity index (χ0n) is 26.9. The number of aliphatic hydroxyl groups excluding tert-OH is 1. The number of nitrogens with zero attached hydrogens (tertiary/aromatic N) is 1. The molecule has 0 radical (unpaired) electrons. The minimum absolute atomic E-state index is 0.00479. The molecule has 0 aromatic heterocycles. The van der Waals surface area contributed by atoms with Gasteiger partial charge in [0, 0.05) is 32.0 Å². The van der Waals surface area contributed by atoms with E-state index in [-0.39, 0.29) is 48.8 Å². The van der Waals surface area contributed by atoms with Gasteiger partial charge in [-0.1, -0.05) is 72.8 Å². The van der Waals surface area contributed by atoms with Crippen molar-refractivity contribution >= 4 is 15.9 Å². The Kier molecular flexibility index (Phi) is 10.6. The first-order chi connectivity index (χ1) is 23.4. The minimum atomic E-state index is -3.91. The van der Waals surface area contributed by atoms with Crippen molar-refractivity contribution in [3.63, 3.8) is 0 Å². The zero-order chi connectivity index (χ0) is 33.5. The van der Waals surface area contributed by atoms with Crippen LogP contribution < -0.4 is 10.1 Å². The molecule has 2 atom stereocenters. The molecule has 4 aromatic carbocycles. The summed E-state index contributed by atoms with van der Waals surface area (Å²) in [6.45, 7) is -0.0296. The number of methoxy groups -OCH3 is 1. The van der Waals surface area contributed by atoms with Gasteiger partial charge in [-0.15, -0.1) is 0 Å². The van der Waals surface area contributed by atoms with Crippen molar-refractivity contribution in [2.75, 3.05) is 40.0 Å². The van der Waals surface area contributed by atoms with E-state index in [0.717, 1.165) is 17.5 Å². The van der Waals surface area contributed by atoms with Crippen molar-refractivity contribution in [3.05, 3.63) is 131 Å². The van der Waals surface area contributed by atoms with E-state index in [1.807, 2.05) is 36.4 Å². The highest BCUT2D eigenvalue weighted by atomic mass is 32.2. The lowest BCUT2D eigenvalue weighted by Gasteiger charge is -2.30. The standard InChI is InChI=1S/C38H40N2O7S/c1-45-32-12-14-33(15-13-32)48(43,44)40(19-21-41)20-22-46-37-26-30(25-36(47-37)38(42)39-18-17-27-7-3-2-4-8-27)28-11-16-35-31(23-28)24-29-9-5-6-10-34(29)35/h2-16,23,25,30,37,41H,17-22,24,26H2,1H3,(H,39,42)/t30-,37+/m1/s1. The number of hydrogen-bond acceptors (Lipinski definition) is 7. The van der Waals surface area contributed by atoms with E-state index in [0.29, 0.717) is 25.1 Å². The van der Waals surface area contributed by atoms with Crippen LogP contribution in [0.3, 0.4) is 0 Å². The zero-order valence-corrected chi connectivity index (χ0v) is 27.7. The number of rotatable bonds is 14. The maximum atomic E-state index is 13.4. The van der Waals surface area contributed by atoms with Crippen LogP contribution in [-0.2, 0) is 37.1 Å². The topological polar surface area (TPSA) is 114 Å². The molecule has 0 bridgehead atoms.